The molecule has 2 aromatic rings. The lowest BCUT2D eigenvalue weighted by molar-refractivity contribution is 0.602. The molecule has 0 aliphatic carbocycles. The Balaban J connectivity index is 2.19. The molecule has 2 nitrogen and oxygen atoms in total. The first-order chi connectivity index (χ1) is 6.92. The summed E-state index contributed by atoms with van der Waals surface area (Å²) in [5, 5.41) is 0. The van der Waals surface area contributed by atoms with Crippen LogP contribution in [0.5, 0.6) is 0 Å². The number of benzene rings is 1. The lowest BCUT2D eigenvalue weighted by Crippen LogP contribution is -1.86. The van der Waals surface area contributed by atoms with Crippen LogP contribution in [-0.4, -0.2) is 4.98 Å². The minimum absolute atomic E-state index is 0.902. The van der Waals surface area contributed by atoms with E-state index in [1.165, 1.54) is 31.2 Å². The van der Waals surface area contributed by atoms with Crippen molar-refractivity contribution in [3.8, 4) is 0 Å². The molecule has 0 fully saturated rings. The molecular formula is C12H15NO. The molecule has 1 heterocycles. The molecule has 0 N–H and O–H groups in total. The number of oxazole rings is 1. The minimum atomic E-state index is 0.902. The molecule has 1 aromatic carbocycles. The predicted molar refractivity (Wildman–Crippen MR) is 57.2 cm³/mol. The van der Waals surface area contributed by atoms with E-state index in [0.29, 0.717) is 0 Å². The monoisotopic (exact) mass is 189 g/mol. The van der Waals surface area contributed by atoms with Crippen LogP contribution in [0.1, 0.15) is 31.7 Å². The number of rotatable bonds is 4. The zero-order chi connectivity index (χ0) is 9.80. The Kier molecular flexibility index (Phi) is 2.82. The molecule has 74 valence electrons. The maximum Gasteiger partial charge on any atom is 0.181 e. The highest BCUT2D eigenvalue weighted by Gasteiger charge is 2.03. The summed E-state index contributed by atoms with van der Waals surface area (Å²) in [6.45, 7) is 2.22. The van der Waals surface area contributed by atoms with Gasteiger partial charge in [0.15, 0.2) is 12.0 Å². The second-order valence-electron chi connectivity index (χ2n) is 3.57. The Bertz CT molecular complexity index is 405. The van der Waals surface area contributed by atoms with E-state index in [0.717, 1.165) is 17.5 Å². The number of hydrogen-bond acceptors (Lipinski definition) is 2. The molecule has 1 aromatic heterocycles. The van der Waals surface area contributed by atoms with Crippen molar-refractivity contribution >= 4 is 11.1 Å². The molecule has 0 atom stereocenters. The molecule has 0 unspecified atom stereocenters. The number of fused-ring (bicyclic) bond motifs is 1. The van der Waals surface area contributed by atoms with Gasteiger partial charge in [-0.3, -0.25) is 0 Å². The molecule has 0 amide bonds. The quantitative estimate of drug-likeness (QED) is 0.687. The van der Waals surface area contributed by atoms with Gasteiger partial charge in [-0.05, 0) is 24.5 Å². The van der Waals surface area contributed by atoms with E-state index in [1.54, 1.807) is 0 Å². The summed E-state index contributed by atoms with van der Waals surface area (Å²) in [6, 6.07) is 6.14. The number of para-hydroxylation sites is 1. The molecule has 2 rings (SSSR count). The van der Waals surface area contributed by atoms with Crippen molar-refractivity contribution in [2.24, 2.45) is 0 Å². The maximum atomic E-state index is 5.25. The van der Waals surface area contributed by atoms with Gasteiger partial charge >= 0.3 is 0 Å². The van der Waals surface area contributed by atoms with E-state index in [9.17, 15) is 0 Å². The molecule has 2 heteroatoms. The van der Waals surface area contributed by atoms with Gasteiger partial charge in [0.2, 0.25) is 0 Å². The predicted octanol–water partition coefficient (Wildman–Crippen LogP) is 3.56. The number of aryl methyl sites for hydroxylation is 1. The lowest BCUT2D eigenvalue weighted by Gasteiger charge is -2.00. The van der Waals surface area contributed by atoms with E-state index in [-0.39, 0.29) is 0 Å². The topological polar surface area (TPSA) is 26.0 Å². The summed E-state index contributed by atoms with van der Waals surface area (Å²) in [4.78, 5) is 4.23. The first-order valence-electron chi connectivity index (χ1n) is 5.23. The number of unbranched alkanes of at least 4 members (excludes halogenated alkanes) is 2. The third-order valence-corrected chi connectivity index (χ3v) is 2.49. The van der Waals surface area contributed by atoms with Gasteiger partial charge in [-0.25, -0.2) is 4.98 Å². The average Bonchev–Trinajstić information content (AvgIpc) is 2.67. The summed E-state index contributed by atoms with van der Waals surface area (Å²) in [6.07, 6.45) is 6.41. The fourth-order valence-electron chi connectivity index (χ4n) is 1.71. The van der Waals surface area contributed by atoms with Crippen molar-refractivity contribution in [2.75, 3.05) is 0 Å². The second-order valence-corrected chi connectivity index (χ2v) is 3.57. The molecular weight excluding hydrogens is 174 g/mol. The molecule has 0 spiro atoms. The third-order valence-electron chi connectivity index (χ3n) is 2.49. The van der Waals surface area contributed by atoms with Crippen molar-refractivity contribution in [1.82, 2.24) is 4.98 Å². The number of hydrogen-bond donors (Lipinski definition) is 0. The summed E-state index contributed by atoms with van der Waals surface area (Å²) in [7, 11) is 0. The Hall–Kier alpha value is -1.31. The summed E-state index contributed by atoms with van der Waals surface area (Å²) in [5.41, 5.74) is 3.24. The number of nitrogens with zero attached hydrogens (tertiary/aromatic N) is 1. The zero-order valence-electron chi connectivity index (χ0n) is 8.49. The zero-order valence-corrected chi connectivity index (χ0v) is 8.49. The molecule has 0 aliphatic rings. The third kappa shape index (κ3) is 1.79. The summed E-state index contributed by atoms with van der Waals surface area (Å²) < 4.78 is 5.25. The van der Waals surface area contributed by atoms with Crippen LogP contribution in [-0.2, 0) is 6.42 Å². The average molecular weight is 189 g/mol. The van der Waals surface area contributed by atoms with Gasteiger partial charge < -0.3 is 4.42 Å². The smallest absolute Gasteiger partial charge is 0.181 e. The first kappa shape index (κ1) is 9.25. The van der Waals surface area contributed by atoms with Crippen molar-refractivity contribution in [3.05, 3.63) is 30.2 Å². The van der Waals surface area contributed by atoms with Crippen LogP contribution >= 0.6 is 0 Å². The SMILES string of the molecule is CCCCCc1cccc2ocnc12. The van der Waals surface area contributed by atoms with Crippen LogP contribution in [0.3, 0.4) is 0 Å². The van der Waals surface area contributed by atoms with Gasteiger partial charge in [-0.1, -0.05) is 31.9 Å². The van der Waals surface area contributed by atoms with Crippen LogP contribution in [0.25, 0.3) is 11.1 Å². The molecule has 14 heavy (non-hydrogen) atoms. The fraction of sp³-hybridized carbons (Fsp3) is 0.417. The van der Waals surface area contributed by atoms with Crippen LogP contribution in [0.4, 0.5) is 0 Å². The fourth-order valence-corrected chi connectivity index (χ4v) is 1.71. The van der Waals surface area contributed by atoms with Gasteiger partial charge in [-0.2, -0.15) is 0 Å². The standard InChI is InChI=1S/C12H15NO/c1-2-3-4-6-10-7-5-8-11-12(10)13-9-14-11/h5,7-9H,2-4,6H2,1H3. The van der Waals surface area contributed by atoms with E-state index < -0.39 is 0 Å². The first-order valence-corrected chi connectivity index (χ1v) is 5.23. The van der Waals surface area contributed by atoms with E-state index in [2.05, 4.69) is 18.0 Å². The normalized spacial score (nSPS) is 10.9. The van der Waals surface area contributed by atoms with Crippen LogP contribution in [0.2, 0.25) is 0 Å². The Labute approximate surface area is 84.0 Å². The van der Waals surface area contributed by atoms with Crippen LogP contribution in [0, 0.1) is 0 Å². The highest BCUT2D eigenvalue weighted by molar-refractivity contribution is 5.75. The van der Waals surface area contributed by atoms with Crippen molar-refractivity contribution in [2.45, 2.75) is 32.6 Å². The van der Waals surface area contributed by atoms with Gasteiger partial charge in [0, 0.05) is 0 Å². The lowest BCUT2D eigenvalue weighted by atomic mass is 10.1. The minimum Gasteiger partial charge on any atom is -0.443 e. The molecule has 0 radical (unpaired) electrons. The van der Waals surface area contributed by atoms with Crippen LogP contribution < -0.4 is 0 Å². The van der Waals surface area contributed by atoms with E-state index >= 15 is 0 Å². The van der Waals surface area contributed by atoms with Crippen molar-refractivity contribution in [3.63, 3.8) is 0 Å². The highest BCUT2D eigenvalue weighted by atomic mass is 16.3. The Morgan fingerprint density at radius 2 is 2.21 bits per heavy atom. The number of aromatic nitrogens is 1. The Morgan fingerprint density at radius 3 is 3.07 bits per heavy atom. The van der Waals surface area contributed by atoms with E-state index in [1.807, 2.05) is 12.1 Å². The molecule has 0 aliphatic heterocycles. The van der Waals surface area contributed by atoms with Gasteiger partial charge in [0.05, 0.1) is 0 Å². The summed E-state index contributed by atoms with van der Waals surface area (Å²) >= 11 is 0. The van der Waals surface area contributed by atoms with Gasteiger partial charge in [-0.15, -0.1) is 0 Å². The molecule has 0 saturated carbocycles. The highest BCUT2D eigenvalue weighted by Crippen LogP contribution is 2.18. The molecule has 0 saturated heterocycles. The maximum absolute atomic E-state index is 5.25. The largest absolute Gasteiger partial charge is 0.443 e. The Morgan fingerprint density at radius 1 is 1.29 bits per heavy atom. The van der Waals surface area contributed by atoms with Gasteiger partial charge in [0.25, 0.3) is 0 Å². The van der Waals surface area contributed by atoms with Crippen molar-refractivity contribution < 1.29 is 4.42 Å². The molecule has 0 bridgehead atoms. The van der Waals surface area contributed by atoms with Crippen molar-refractivity contribution in [1.29, 1.82) is 0 Å². The second kappa shape index (κ2) is 4.27. The van der Waals surface area contributed by atoms with Crippen LogP contribution in [0.15, 0.2) is 29.0 Å². The summed E-state index contributed by atoms with van der Waals surface area (Å²) in [5.74, 6) is 0. The van der Waals surface area contributed by atoms with Gasteiger partial charge in [0.1, 0.15) is 5.52 Å². The van der Waals surface area contributed by atoms with E-state index in [4.69, 9.17) is 4.42 Å².